The molecule has 4 unspecified atom stereocenters. The normalized spacial score (nSPS) is 15.6. The number of methoxy groups -OCH3 is 2. The van der Waals surface area contributed by atoms with E-state index in [4.69, 9.17) is 56.8 Å². The van der Waals surface area contributed by atoms with Crippen molar-refractivity contribution in [1.82, 2.24) is 0 Å². The predicted octanol–water partition coefficient (Wildman–Crippen LogP) is 16.6. The number of rotatable bonds is 42. The minimum atomic E-state index is -3.67. The fourth-order valence-electron chi connectivity index (χ4n) is 10.4. The van der Waals surface area contributed by atoms with Gasteiger partial charge in [0.15, 0.2) is 6.10 Å². The molecule has 104 heavy (non-hydrogen) atoms. The molecule has 2 N–H and O–H groups in total. The Kier molecular flexibility index (Phi) is 42.1. The van der Waals surface area contributed by atoms with Crippen molar-refractivity contribution in [2.24, 2.45) is 11.8 Å². The number of carbonyl (C=O) groups excluding carboxylic acids is 6. The van der Waals surface area contributed by atoms with Gasteiger partial charge < -0.3 is 66.4 Å². The topological polar surface area (TPSA) is 297 Å². The molecule has 4 rings (SSSR count). The number of carbonyl (C=O) groups is 6. The lowest BCUT2D eigenvalue weighted by molar-refractivity contribution is -0.152. The van der Waals surface area contributed by atoms with Crippen LogP contribution in [0.5, 0.6) is 23.0 Å². The van der Waals surface area contributed by atoms with Crippen LogP contribution in [-0.4, -0.2) is 171 Å². The molecule has 6 atom stereocenters. The van der Waals surface area contributed by atoms with Crippen LogP contribution in [0.15, 0.2) is 47.6 Å². The quantitative estimate of drug-likeness (QED) is 0.0205. The van der Waals surface area contributed by atoms with E-state index >= 15 is 0 Å². The van der Waals surface area contributed by atoms with Gasteiger partial charge in [-0.25, -0.2) is 19.2 Å². The van der Waals surface area contributed by atoms with Gasteiger partial charge in [-0.05, 0) is 129 Å². The number of aliphatic hydroxyl groups excluding tert-OH is 1. The first-order valence-electron chi connectivity index (χ1n) is 35.5. The van der Waals surface area contributed by atoms with Crippen molar-refractivity contribution in [2.45, 2.75) is 230 Å². The molecule has 2 aromatic rings. The van der Waals surface area contributed by atoms with Gasteiger partial charge in [-0.15, -0.1) is 0 Å². The van der Waals surface area contributed by atoms with Crippen molar-refractivity contribution in [1.29, 1.82) is 0 Å². The van der Waals surface area contributed by atoms with Crippen molar-refractivity contribution in [2.75, 3.05) is 80.4 Å². The van der Waals surface area contributed by atoms with Crippen LogP contribution in [-0.2, 0) is 96.4 Å². The van der Waals surface area contributed by atoms with E-state index in [2.05, 4.69) is 87.8 Å². The van der Waals surface area contributed by atoms with E-state index < -0.39 is 89.4 Å². The Bertz CT molecular complexity index is 3370. The Morgan fingerprint density at radius 1 is 0.529 bits per heavy atom. The number of aliphatic hydroxyl groups is 1. The maximum Gasteiger partial charge on any atom is 0.342 e. The molecule has 2 aromatic carbocycles. The summed E-state index contributed by atoms with van der Waals surface area (Å²) in [6.07, 6.45) is 10.9. The molecule has 29 heteroatoms. The number of ether oxygens (including phenoxy) is 10. The highest BCUT2D eigenvalue weighted by Gasteiger charge is 2.36. The molecule has 592 valence electrons. The van der Waals surface area contributed by atoms with E-state index in [-0.39, 0.29) is 57.5 Å². The van der Waals surface area contributed by atoms with Gasteiger partial charge in [0.25, 0.3) is 0 Å². The molecular weight excluding hydrogens is 1440 g/mol. The molecule has 0 amide bonds. The standard InChI is InChI=1S/C37H61O11PSi2.C32H53O9PSi2.C5H10O3.CH4/c1-13-44-35(38)28(4)48-49(41,43-6)21-15-14-16-29(36(39)46-20-23-51(10,11)12)24-26(2)17-18-30-33(42-5)27(3)31-25-47-37(40)32(31)34(30)45-19-22-50(7,8)9;1-23(21-25(13-11-12-18-42(35,36)38-4)31(33)40-17-20-44(8,9)10)14-15-26-29(37-3)24(2)27-22-41-32(34)28(27)30(26)39-16-19-43(5,6)7;1-3-8-5(7)4(2)6;/h14-15,17,28-29H,13,16,18-25H2,1-12H3;11-12,14,25H,13,15-22H2,1-10H3,(H,35,36);4,6H,3H2,1-2H3;1H4/b15-14+,26-17+;12-11+,23-14+;;/t28-,29?,49?;;4-;/m0.0./s1. The lowest BCUT2D eigenvalue weighted by Crippen LogP contribution is -2.25. The second-order valence-corrected chi connectivity index (χ2v) is 57.4. The van der Waals surface area contributed by atoms with E-state index in [1.165, 1.54) is 28.1 Å². The van der Waals surface area contributed by atoms with E-state index in [1.807, 2.05) is 39.8 Å². The fourth-order valence-corrected chi connectivity index (χ4v) is 15.1. The summed E-state index contributed by atoms with van der Waals surface area (Å²) in [5.74, 6) is -1.18. The van der Waals surface area contributed by atoms with Crippen LogP contribution in [0.1, 0.15) is 129 Å². The van der Waals surface area contributed by atoms with E-state index in [9.17, 15) is 42.8 Å². The van der Waals surface area contributed by atoms with Gasteiger partial charge in [0.2, 0.25) is 0 Å². The van der Waals surface area contributed by atoms with Crippen LogP contribution in [0, 0.1) is 25.7 Å². The van der Waals surface area contributed by atoms with Gasteiger partial charge in [0.1, 0.15) is 53.4 Å². The van der Waals surface area contributed by atoms with Gasteiger partial charge in [-0.3, -0.25) is 23.2 Å². The summed E-state index contributed by atoms with van der Waals surface area (Å²) in [4.78, 5) is 84.3. The highest BCUT2D eigenvalue weighted by molar-refractivity contribution is 7.54. The van der Waals surface area contributed by atoms with Crippen molar-refractivity contribution in [3.8, 4) is 23.0 Å². The lowest BCUT2D eigenvalue weighted by Gasteiger charge is -2.22. The monoisotopic (exact) mass is 1570 g/mol. The molecule has 0 spiro atoms. The summed E-state index contributed by atoms with van der Waals surface area (Å²) >= 11 is 0. The van der Waals surface area contributed by atoms with Crippen LogP contribution in [0.4, 0.5) is 0 Å². The summed E-state index contributed by atoms with van der Waals surface area (Å²) < 4.78 is 96.4. The largest absolute Gasteiger partial charge is 0.496 e. The molecule has 0 aromatic heterocycles. The average molecular weight is 1570 g/mol. The van der Waals surface area contributed by atoms with E-state index in [1.54, 1.807) is 52.4 Å². The van der Waals surface area contributed by atoms with Gasteiger partial charge in [0, 0.05) is 68.8 Å². The maximum absolute atomic E-state index is 13.4. The maximum atomic E-state index is 13.4. The SMILES string of the molecule is C.CCOC(=O)[C@H](C)O.CCOC(=O)[C@H](C)OP(=O)(C/C=C/CC(C/C(C)=C/Cc1c(OC)c(C)c2c(c1OCC[Si](C)(C)C)C(=O)OC2)C(=O)OCC[Si](C)(C)C)OC.COc1c(C)c2c(c(OCC[Si](C)(C)C)c1C/C=C(\C)CC(C/C=C/CP(=O)(O)OC)C(=O)OCC[Si](C)(C)C)C(=O)OC2. The Labute approximate surface area is 625 Å². The molecule has 0 aliphatic carbocycles. The lowest BCUT2D eigenvalue weighted by atomic mass is 9.93. The van der Waals surface area contributed by atoms with Crippen molar-refractivity contribution < 1.29 is 109 Å². The van der Waals surface area contributed by atoms with Crippen LogP contribution < -0.4 is 18.9 Å². The van der Waals surface area contributed by atoms with Crippen molar-refractivity contribution in [3.63, 3.8) is 0 Å². The number of esters is 6. The number of fused-ring (bicyclic) bond motifs is 2. The first-order valence-corrected chi connectivity index (χ1v) is 53.9. The summed E-state index contributed by atoms with van der Waals surface area (Å²) in [6, 6.07) is 3.58. The Balaban J connectivity index is 0.000000938. The fraction of sp³-hybridized carbons (Fsp3) is 0.653. The summed E-state index contributed by atoms with van der Waals surface area (Å²) in [6.45, 7) is 43.6. The molecular formula is C75H128O23P2Si4. The van der Waals surface area contributed by atoms with Gasteiger partial charge in [-0.1, -0.05) is 134 Å². The number of benzene rings is 2. The molecule has 23 nitrogen and oxygen atoms in total. The molecule has 0 fully saturated rings. The zero-order valence-electron chi connectivity index (χ0n) is 66.3. The minimum absolute atomic E-state index is 0. The third-order valence-electron chi connectivity index (χ3n) is 16.7. The zero-order valence-corrected chi connectivity index (χ0v) is 72.1. The van der Waals surface area contributed by atoms with Crippen LogP contribution in [0.2, 0.25) is 103 Å². The number of allylic oxidation sites excluding steroid dienone is 8. The third kappa shape index (κ3) is 34.6. The van der Waals surface area contributed by atoms with Gasteiger partial charge >= 0.3 is 51.0 Å². The van der Waals surface area contributed by atoms with Gasteiger partial charge in [0.05, 0.1) is 78.0 Å². The summed E-state index contributed by atoms with van der Waals surface area (Å²) in [7, 11) is -7.22. The molecule has 0 saturated heterocycles. The molecule has 0 bridgehead atoms. The van der Waals surface area contributed by atoms with Crippen molar-refractivity contribution >= 4 is 83.3 Å². The highest BCUT2D eigenvalue weighted by atomic mass is 31.2. The second kappa shape index (κ2) is 45.4. The molecule has 0 radical (unpaired) electrons. The summed E-state index contributed by atoms with van der Waals surface area (Å²) in [5, 5.41) is 8.48. The van der Waals surface area contributed by atoms with Crippen molar-refractivity contribution in [3.05, 3.63) is 92.1 Å². The zero-order chi connectivity index (χ0) is 78.4. The number of hydrogen-bond donors (Lipinski definition) is 2. The van der Waals surface area contributed by atoms with E-state index in [0.29, 0.717) is 106 Å². The number of hydrogen-bond acceptors (Lipinski definition) is 22. The first-order chi connectivity index (χ1) is 47.8. The van der Waals surface area contributed by atoms with Crippen LogP contribution in [0.3, 0.4) is 0 Å². The van der Waals surface area contributed by atoms with Crippen LogP contribution >= 0.6 is 15.2 Å². The third-order valence-corrected chi connectivity index (χ3v) is 26.6. The molecule has 2 heterocycles. The smallest absolute Gasteiger partial charge is 0.342 e. The average Bonchev–Trinajstić information content (AvgIpc) is 1.56. The molecule has 0 saturated carbocycles. The molecule has 2 aliphatic rings. The Morgan fingerprint density at radius 3 is 1.22 bits per heavy atom. The first kappa shape index (κ1) is 96.6. The number of cyclic esters (lactones) is 2. The molecule has 2 aliphatic heterocycles. The second-order valence-electron chi connectivity index (χ2n) is 30.7. The predicted molar refractivity (Wildman–Crippen MR) is 421 cm³/mol. The Morgan fingerprint density at radius 2 is 0.894 bits per heavy atom. The summed E-state index contributed by atoms with van der Waals surface area (Å²) in [5.41, 5.74) is 7.70. The van der Waals surface area contributed by atoms with E-state index in [0.717, 1.165) is 68.7 Å². The minimum Gasteiger partial charge on any atom is -0.496 e. The van der Waals surface area contributed by atoms with Crippen LogP contribution in [0.25, 0.3) is 0 Å². The Hall–Kier alpha value is -5.45. The highest BCUT2D eigenvalue weighted by Crippen LogP contribution is 2.49. The van der Waals surface area contributed by atoms with Gasteiger partial charge in [-0.2, -0.15) is 0 Å².